The number of rotatable bonds is 5. The van der Waals surface area contributed by atoms with Crippen molar-refractivity contribution in [3.8, 4) is 11.4 Å². The van der Waals surface area contributed by atoms with Crippen LogP contribution in [0, 0.1) is 0 Å². The van der Waals surface area contributed by atoms with Crippen LogP contribution in [0.15, 0.2) is 47.6 Å². The Morgan fingerprint density at radius 2 is 1.74 bits per heavy atom. The maximum absolute atomic E-state index is 12.5. The lowest BCUT2D eigenvalue weighted by molar-refractivity contribution is -0.115. The van der Waals surface area contributed by atoms with Crippen LogP contribution in [0.4, 0.5) is 5.69 Å². The zero-order chi connectivity index (χ0) is 19.6. The topological polar surface area (TPSA) is 59.8 Å². The van der Waals surface area contributed by atoms with E-state index >= 15 is 0 Å². The molecule has 5 nitrogen and oxygen atoms in total. The van der Waals surface area contributed by atoms with Gasteiger partial charge in [0, 0.05) is 22.7 Å². The highest BCUT2D eigenvalue weighted by Crippen LogP contribution is 2.29. The van der Waals surface area contributed by atoms with Crippen LogP contribution >= 0.6 is 46.6 Å². The molecular formula is C18H15Cl3N4OS. The Morgan fingerprint density at radius 1 is 1.07 bits per heavy atom. The van der Waals surface area contributed by atoms with Crippen molar-refractivity contribution in [1.82, 2.24) is 14.8 Å². The molecule has 3 aromatic rings. The van der Waals surface area contributed by atoms with Gasteiger partial charge in [-0.15, -0.1) is 10.2 Å². The largest absolute Gasteiger partial charge is 0.324 e. The first kappa shape index (κ1) is 20.0. The summed E-state index contributed by atoms with van der Waals surface area (Å²) in [6.45, 7) is 1.79. The second-order valence-corrected chi connectivity index (χ2v) is 8.33. The number of amides is 1. The molecule has 27 heavy (non-hydrogen) atoms. The molecule has 0 aliphatic heterocycles. The third kappa shape index (κ3) is 4.76. The molecule has 1 unspecified atom stereocenters. The molecule has 1 N–H and O–H groups in total. The van der Waals surface area contributed by atoms with E-state index in [9.17, 15) is 4.79 Å². The number of hydrogen-bond acceptors (Lipinski definition) is 4. The summed E-state index contributed by atoms with van der Waals surface area (Å²) in [6, 6.07) is 12.3. The van der Waals surface area contributed by atoms with Gasteiger partial charge in [-0.3, -0.25) is 4.79 Å². The SMILES string of the molecule is CC(Sc1nnc(-c2ccc(Cl)cc2)n1C)C(=O)Nc1ccc(Cl)cc1Cl. The molecular weight excluding hydrogens is 427 g/mol. The molecule has 0 bridgehead atoms. The Labute approximate surface area is 176 Å². The molecule has 1 aromatic heterocycles. The Kier molecular flexibility index (Phi) is 6.32. The number of benzene rings is 2. The van der Waals surface area contributed by atoms with Gasteiger partial charge >= 0.3 is 0 Å². The predicted molar refractivity (Wildman–Crippen MR) is 112 cm³/mol. The molecule has 0 saturated carbocycles. The second-order valence-electron chi connectivity index (χ2n) is 5.75. The lowest BCUT2D eigenvalue weighted by Crippen LogP contribution is -2.23. The molecule has 0 saturated heterocycles. The number of hydrogen-bond donors (Lipinski definition) is 1. The van der Waals surface area contributed by atoms with E-state index in [-0.39, 0.29) is 5.91 Å². The van der Waals surface area contributed by atoms with E-state index in [4.69, 9.17) is 34.8 Å². The zero-order valence-corrected chi connectivity index (χ0v) is 17.5. The van der Waals surface area contributed by atoms with Crippen molar-refractivity contribution in [2.45, 2.75) is 17.3 Å². The van der Waals surface area contributed by atoms with Gasteiger partial charge in [0.15, 0.2) is 11.0 Å². The average Bonchev–Trinajstić information content (AvgIpc) is 2.98. The van der Waals surface area contributed by atoms with Crippen LogP contribution in [0.3, 0.4) is 0 Å². The molecule has 1 atom stereocenters. The highest BCUT2D eigenvalue weighted by atomic mass is 35.5. The van der Waals surface area contributed by atoms with Crippen LogP contribution in [-0.4, -0.2) is 25.9 Å². The number of anilines is 1. The van der Waals surface area contributed by atoms with Crippen molar-refractivity contribution in [2.24, 2.45) is 7.05 Å². The Hall–Kier alpha value is -1.73. The predicted octanol–water partition coefficient (Wildman–Crippen LogP) is 5.56. The summed E-state index contributed by atoms with van der Waals surface area (Å²) in [5.74, 6) is 0.503. The van der Waals surface area contributed by atoms with Crippen LogP contribution < -0.4 is 5.32 Å². The van der Waals surface area contributed by atoms with E-state index in [1.165, 1.54) is 11.8 Å². The fourth-order valence-corrected chi connectivity index (χ4v) is 3.70. The summed E-state index contributed by atoms with van der Waals surface area (Å²) < 4.78 is 1.84. The lowest BCUT2D eigenvalue weighted by atomic mass is 10.2. The highest BCUT2D eigenvalue weighted by molar-refractivity contribution is 8.00. The standard InChI is InChI=1S/C18H15Cl3N4OS/c1-10(17(26)22-15-8-7-13(20)9-14(15)21)27-18-24-23-16(25(18)2)11-3-5-12(19)6-4-11/h3-10H,1-2H3,(H,22,26). The number of nitrogens with zero attached hydrogens (tertiary/aromatic N) is 3. The number of thioether (sulfide) groups is 1. The quantitative estimate of drug-likeness (QED) is 0.526. The molecule has 9 heteroatoms. The van der Waals surface area contributed by atoms with Gasteiger partial charge in [0.25, 0.3) is 0 Å². The summed E-state index contributed by atoms with van der Waals surface area (Å²) in [5, 5.41) is 13.0. The summed E-state index contributed by atoms with van der Waals surface area (Å²) >= 11 is 19.2. The average molecular weight is 442 g/mol. The molecule has 0 aliphatic carbocycles. The Bertz CT molecular complexity index is 975. The van der Waals surface area contributed by atoms with E-state index in [1.54, 1.807) is 37.3 Å². The van der Waals surface area contributed by atoms with Crippen molar-refractivity contribution in [1.29, 1.82) is 0 Å². The fourth-order valence-electron chi connectivity index (χ4n) is 2.30. The normalized spacial score (nSPS) is 12.0. The number of carbonyl (C=O) groups is 1. The van der Waals surface area contributed by atoms with Gasteiger partial charge in [-0.2, -0.15) is 0 Å². The van der Waals surface area contributed by atoms with Crippen LogP contribution in [0.2, 0.25) is 15.1 Å². The van der Waals surface area contributed by atoms with Crippen LogP contribution in [0.1, 0.15) is 6.92 Å². The van der Waals surface area contributed by atoms with E-state index < -0.39 is 5.25 Å². The van der Waals surface area contributed by atoms with E-state index in [0.29, 0.717) is 31.7 Å². The summed E-state index contributed by atoms with van der Waals surface area (Å²) in [5.41, 5.74) is 1.41. The van der Waals surface area contributed by atoms with Crippen molar-refractivity contribution >= 4 is 58.2 Å². The molecule has 1 amide bonds. The molecule has 0 fully saturated rings. The molecule has 0 aliphatic rings. The highest BCUT2D eigenvalue weighted by Gasteiger charge is 2.20. The molecule has 0 spiro atoms. The summed E-state index contributed by atoms with van der Waals surface area (Å²) in [4.78, 5) is 12.5. The van der Waals surface area contributed by atoms with E-state index in [2.05, 4.69) is 15.5 Å². The number of carbonyl (C=O) groups excluding carboxylic acids is 1. The molecule has 3 rings (SSSR count). The van der Waals surface area contributed by atoms with Gasteiger partial charge in [0.1, 0.15) is 0 Å². The third-order valence-electron chi connectivity index (χ3n) is 3.78. The smallest absolute Gasteiger partial charge is 0.237 e. The van der Waals surface area contributed by atoms with Crippen LogP contribution in [0.5, 0.6) is 0 Å². The van der Waals surface area contributed by atoms with Gasteiger partial charge in [-0.1, -0.05) is 46.6 Å². The Balaban J connectivity index is 1.71. The first-order chi connectivity index (χ1) is 12.8. The maximum atomic E-state index is 12.5. The zero-order valence-electron chi connectivity index (χ0n) is 14.4. The number of aromatic nitrogens is 3. The van der Waals surface area contributed by atoms with Crippen LogP contribution in [-0.2, 0) is 11.8 Å². The van der Waals surface area contributed by atoms with Crippen molar-refractivity contribution in [3.05, 3.63) is 57.5 Å². The molecule has 2 aromatic carbocycles. The van der Waals surface area contributed by atoms with Gasteiger partial charge in [-0.05, 0) is 49.4 Å². The van der Waals surface area contributed by atoms with Gasteiger partial charge in [0.2, 0.25) is 5.91 Å². The summed E-state index contributed by atoms with van der Waals surface area (Å²) in [6.07, 6.45) is 0. The number of nitrogens with one attached hydrogen (secondary N) is 1. The fraction of sp³-hybridized carbons (Fsp3) is 0.167. The van der Waals surface area contributed by atoms with E-state index in [1.807, 2.05) is 23.7 Å². The van der Waals surface area contributed by atoms with Crippen molar-refractivity contribution in [3.63, 3.8) is 0 Å². The summed E-state index contributed by atoms with van der Waals surface area (Å²) in [7, 11) is 1.85. The minimum absolute atomic E-state index is 0.194. The first-order valence-corrected chi connectivity index (χ1v) is 9.94. The lowest BCUT2D eigenvalue weighted by Gasteiger charge is -2.13. The van der Waals surface area contributed by atoms with Crippen LogP contribution in [0.25, 0.3) is 11.4 Å². The van der Waals surface area contributed by atoms with Crippen molar-refractivity contribution in [2.75, 3.05) is 5.32 Å². The second kappa shape index (κ2) is 8.52. The van der Waals surface area contributed by atoms with E-state index in [0.717, 1.165) is 5.56 Å². The minimum atomic E-state index is -0.405. The first-order valence-electron chi connectivity index (χ1n) is 7.93. The van der Waals surface area contributed by atoms with Gasteiger partial charge < -0.3 is 9.88 Å². The Morgan fingerprint density at radius 3 is 2.41 bits per heavy atom. The monoisotopic (exact) mass is 440 g/mol. The van der Waals surface area contributed by atoms with Gasteiger partial charge in [-0.25, -0.2) is 0 Å². The third-order valence-corrected chi connectivity index (χ3v) is 5.71. The molecule has 0 radical (unpaired) electrons. The maximum Gasteiger partial charge on any atom is 0.237 e. The van der Waals surface area contributed by atoms with Crippen molar-refractivity contribution < 1.29 is 4.79 Å². The number of halogens is 3. The molecule has 1 heterocycles. The van der Waals surface area contributed by atoms with Gasteiger partial charge in [0.05, 0.1) is 16.0 Å². The minimum Gasteiger partial charge on any atom is -0.324 e. The molecule has 140 valence electrons.